The lowest BCUT2D eigenvalue weighted by molar-refractivity contribution is -0.130. The van der Waals surface area contributed by atoms with E-state index in [2.05, 4.69) is 35.9 Å². The van der Waals surface area contributed by atoms with E-state index in [9.17, 15) is 19.2 Å². The Balaban J connectivity index is 0.000000146. The molecule has 4 saturated carbocycles. The maximum atomic E-state index is 12.5. The van der Waals surface area contributed by atoms with Gasteiger partial charge in [-0.3, -0.25) is 19.6 Å². The predicted molar refractivity (Wildman–Crippen MR) is 211 cm³/mol. The molecule has 0 spiro atoms. The Morgan fingerprint density at radius 1 is 0.589 bits per heavy atom. The van der Waals surface area contributed by atoms with Crippen molar-refractivity contribution in [1.82, 2.24) is 9.97 Å². The molecule has 8 heteroatoms. The molecule has 0 N–H and O–H groups in total. The second-order valence-electron chi connectivity index (χ2n) is 17.7. The first kappa shape index (κ1) is 36.6. The molecule has 2 heterocycles. The van der Waals surface area contributed by atoms with E-state index < -0.39 is 0 Å². The molecule has 288 valence electrons. The molecule has 0 aliphatic heterocycles. The van der Waals surface area contributed by atoms with E-state index in [0.29, 0.717) is 69.7 Å². The van der Waals surface area contributed by atoms with E-state index in [4.69, 9.17) is 9.47 Å². The Morgan fingerprint density at radius 2 is 1.04 bits per heavy atom. The normalized spacial score (nSPS) is 30.9. The minimum Gasteiger partial charge on any atom is -0.423 e. The van der Waals surface area contributed by atoms with Gasteiger partial charge in [0.1, 0.15) is 23.1 Å². The minimum absolute atomic E-state index is 0.0855. The van der Waals surface area contributed by atoms with Gasteiger partial charge in [0, 0.05) is 48.5 Å². The predicted octanol–water partition coefficient (Wildman–Crippen LogP) is 9.45. The summed E-state index contributed by atoms with van der Waals surface area (Å²) in [5, 5.41) is 0. The van der Waals surface area contributed by atoms with E-state index >= 15 is 0 Å². The summed E-state index contributed by atoms with van der Waals surface area (Å²) < 4.78 is 11.2. The van der Waals surface area contributed by atoms with Crippen LogP contribution in [0.1, 0.15) is 133 Å². The van der Waals surface area contributed by atoms with Crippen molar-refractivity contribution in [3.05, 3.63) is 119 Å². The molecule has 0 unspecified atom stereocenters. The summed E-state index contributed by atoms with van der Waals surface area (Å²) >= 11 is 0. The molecule has 56 heavy (non-hydrogen) atoms. The molecule has 10 rings (SSSR count). The van der Waals surface area contributed by atoms with Crippen molar-refractivity contribution >= 4 is 23.5 Å². The molecule has 4 aromatic rings. The number of hydrogen-bond acceptors (Lipinski definition) is 8. The summed E-state index contributed by atoms with van der Waals surface area (Å²) in [6, 6.07) is 19.1. The lowest BCUT2D eigenvalue weighted by Gasteiger charge is -2.48. The SMILES string of the molecule is C[C@]12CC[C@@H]3c4ccc(OC(=O)c5cccnc5)cc4CC[C@H]3[C@@H]1CCC2=O.C[C@]12CC[C@@H]3c4ccc(OC(=O)c5cccnc5)cc4CC[C@H]3[C@@H]1CCC2=O. The van der Waals surface area contributed by atoms with Crippen molar-refractivity contribution < 1.29 is 28.7 Å². The summed E-state index contributed by atoms with van der Waals surface area (Å²) in [5.74, 6) is 4.79. The Hall–Kier alpha value is -4.98. The van der Waals surface area contributed by atoms with E-state index in [-0.39, 0.29) is 22.8 Å². The van der Waals surface area contributed by atoms with E-state index in [1.54, 1.807) is 36.7 Å². The van der Waals surface area contributed by atoms with Crippen LogP contribution < -0.4 is 9.47 Å². The molecule has 2 aromatic heterocycles. The van der Waals surface area contributed by atoms with Gasteiger partial charge in [-0.1, -0.05) is 26.0 Å². The smallest absolute Gasteiger partial charge is 0.345 e. The number of carbonyl (C=O) groups excluding carboxylic acids is 4. The second kappa shape index (κ2) is 14.5. The highest BCUT2D eigenvalue weighted by atomic mass is 16.5. The van der Waals surface area contributed by atoms with Gasteiger partial charge in [0.15, 0.2) is 0 Å². The fourth-order valence-electron chi connectivity index (χ4n) is 12.1. The first-order chi connectivity index (χ1) is 27.1. The Morgan fingerprint density at radius 3 is 1.45 bits per heavy atom. The topological polar surface area (TPSA) is 113 Å². The number of aromatic nitrogens is 2. The van der Waals surface area contributed by atoms with Crippen molar-refractivity contribution in [1.29, 1.82) is 0 Å². The van der Waals surface area contributed by atoms with Crippen molar-refractivity contribution in [3.63, 3.8) is 0 Å². The van der Waals surface area contributed by atoms with Crippen LogP contribution in [0.5, 0.6) is 11.5 Å². The minimum atomic E-state index is -0.375. The summed E-state index contributed by atoms with van der Waals surface area (Å²) in [7, 11) is 0. The Bertz CT molecular complexity index is 2030. The number of nitrogens with zero attached hydrogens (tertiary/aromatic N) is 2. The number of pyridine rings is 2. The average Bonchev–Trinajstić information content (AvgIpc) is 3.71. The van der Waals surface area contributed by atoms with Crippen molar-refractivity contribution in [2.45, 2.75) is 103 Å². The molecule has 6 aliphatic carbocycles. The Kier molecular flexibility index (Phi) is 9.49. The van der Waals surface area contributed by atoms with Crippen molar-refractivity contribution in [2.24, 2.45) is 34.5 Å². The third-order valence-electron chi connectivity index (χ3n) is 15.0. The number of hydrogen-bond donors (Lipinski definition) is 0. The number of ether oxygens (including phenoxy) is 2. The third kappa shape index (κ3) is 6.39. The standard InChI is InChI=1S/2C24H25NO3/c2*1-24-11-10-19-18-7-5-17(28-23(27)16-3-2-12-25-14-16)13-15(18)4-6-20(19)21(24)8-9-22(24)26/h2*2-3,5,7,12-14,19-21H,4,6,8-11H2,1H3/t2*19-,20-,21+,24+/m11/s1. The number of carbonyl (C=O) groups is 4. The zero-order chi connectivity index (χ0) is 38.6. The summed E-state index contributed by atoms with van der Waals surface area (Å²) in [6.45, 7) is 4.42. The number of fused-ring (bicyclic) bond motifs is 10. The number of aryl methyl sites for hydroxylation is 2. The lowest BCUT2D eigenvalue weighted by atomic mass is 9.55. The zero-order valence-corrected chi connectivity index (χ0v) is 32.4. The third-order valence-corrected chi connectivity index (χ3v) is 15.0. The summed E-state index contributed by atoms with van der Waals surface area (Å²) in [4.78, 5) is 57.5. The molecule has 8 nitrogen and oxygen atoms in total. The number of Topliss-reactive ketones (excluding diaryl/α,β-unsaturated/α-hetero) is 2. The highest BCUT2D eigenvalue weighted by Gasteiger charge is 2.55. The van der Waals surface area contributed by atoms with Crippen molar-refractivity contribution in [3.8, 4) is 11.5 Å². The largest absolute Gasteiger partial charge is 0.423 e. The van der Waals surface area contributed by atoms with Crippen LogP contribution in [-0.4, -0.2) is 33.5 Å². The molecule has 0 bridgehead atoms. The fraction of sp³-hybridized carbons (Fsp3) is 0.458. The van der Waals surface area contributed by atoms with Gasteiger partial charge in [0.25, 0.3) is 0 Å². The highest BCUT2D eigenvalue weighted by Crippen LogP contribution is 2.61. The molecule has 0 amide bonds. The second-order valence-corrected chi connectivity index (χ2v) is 17.7. The maximum Gasteiger partial charge on any atom is 0.345 e. The quantitative estimate of drug-likeness (QED) is 0.150. The van der Waals surface area contributed by atoms with Gasteiger partial charge >= 0.3 is 11.9 Å². The molecule has 2 aromatic carbocycles. The summed E-state index contributed by atoms with van der Waals surface area (Å²) in [5.41, 5.74) is 6.14. The number of esters is 2. The maximum absolute atomic E-state index is 12.5. The van der Waals surface area contributed by atoms with Crippen LogP contribution in [0.4, 0.5) is 0 Å². The van der Waals surface area contributed by atoms with Gasteiger partial charge in [-0.05, 0) is 171 Å². The van der Waals surface area contributed by atoms with Gasteiger partial charge < -0.3 is 9.47 Å². The first-order valence-corrected chi connectivity index (χ1v) is 20.7. The monoisotopic (exact) mass is 750 g/mol. The molecule has 0 saturated heterocycles. The van der Waals surface area contributed by atoms with Crippen LogP contribution in [0.3, 0.4) is 0 Å². The van der Waals surface area contributed by atoms with Gasteiger partial charge in [-0.2, -0.15) is 0 Å². The van der Waals surface area contributed by atoms with Gasteiger partial charge in [0.05, 0.1) is 11.1 Å². The number of rotatable bonds is 4. The van der Waals surface area contributed by atoms with Crippen LogP contribution in [0.25, 0.3) is 0 Å². The van der Waals surface area contributed by atoms with Crippen LogP contribution in [0.15, 0.2) is 85.5 Å². The van der Waals surface area contributed by atoms with E-state index in [1.165, 1.54) is 34.6 Å². The Labute approximate surface area is 328 Å². The lowest BCUT2D eigenvalue weighted by Crippen LogP contribution is -2.42. The number of ketones is 2. The molecule has 8 atom stereocenters. The first-order valence-electron chi connectivity index (χ1n) is 20.7. The molecule has 0 radical (unpaired) electrons. The average molecular weight is 751 g/mol. The van der Waals surface area contributed by atoms with Crippen LogP contribution in [-0.2, 0) is 22.4 Å². The van der Waals surface area contributed by atoms with Crippen LogP contribution in [0.2, 0.25) is 0 Å². The van der Waals surface area contributed by atoms with Gasteiger partial charge in [-0.15, -0.1) is 0 Å². The fourth-order valence-corrected chi connectivity index (χ4v) is 12.1. The van der Waals surface area contributed by atoms with Gasteiger partial charge in [-0.25, -0.2) is 9.59 Å². The van der Waals surface area contributed by atoms with E-state index in [0.717, 1.165) is 77.0 Å². The van der Waals surface area contributed by atoms with Gasteiger partial charge in [0.2, 0.25) is 0 Å². The molecule has 4 fully saturated rings. The molecular weight excluding hydrogens is 701 g/mol. The van der Waals surface area contributed by atoms with E-state index in [1.807, 2.05) is 24.3 Å². The highest BCUT2D eigenvalue weighted by molar-refractivity contribution is 5.91. The van der Waals surface area contributed by atoms with Crippen LogP contribution in [0, 0.1) is 34.5 Å². The van der Waals surface area contributed by atoms with Crippen LogP contribution >= 0.6 is 0 Å². The zero-order valence-electron chi connectivity index (χ0n) is 32.4. The molecule has 6 aliphatic rings. The number of benzene rings is 2. The summed E-state index contributed by atoms with van der Waals surface area (Å²) in [6.07, 6.45) is 18.4. The van der Waals surface area contributed by atoms with Crippen molar-refractivity contribution in [2.75, 3.05) is 0 Å². The molecular formula is C48H50N2O6.